The van der Waals surface area contributed by atoms with E-state index in [-0.39, 0.29) is 0 Å². The molecule has 1 heterocycles. The third-order valence-electron chi connectivity index (χ3n) is 4.02. The van der Waals surface area contributed by atoms with Gasteiger partial charge in [-0.3, -0.25) is 4.18 Å². The topological polar surface area (TPSA) is 48.3 Å². The van der Waals surface area contributed by atoms with Crippen molar-refractivity contribution < 1.29 is 25.8 Å². The number of hydrogen-bond donors (Lipinski definition) is 0. The Morgan fingerprint density at radius 3 is 2.23 bits per heavy atom. The van der Waals surface area contributed by atoms with Crippen LogP contribution in [-0.4, -0.2) is 19.2 Å². The molecule has 2 aromatic carbocycles. The first-order valence-electron chi connectivity index (χ1n) is 7.65. The van der Waals surface area contributed by atoms with Crippen molar-refractivity contribution in [2.75, 3.05) is 6.26 Å². The molecular formula is C18H16F3NO3S. The Hall–Kier alpha value is -2.32. The number of nitrogens with zero attached hydrogens (tertiary/aromatic N) is 1. The lowest BCUT2D eigenvalue weighted by atomic mass is 10.00. The molecule has 0 amide bonds. The number of aryl methyl sites for hydroxylation is 1. The number of aromatic nitrogens is 1. The molecule has 0 fully saturated rings. The van der Waals surface area contributed by atoms with E-state index in [1.54, 1.807) is 19.3 Å². The van der Waals surface area contributed by atoms with Crippen LogP contribution in [0.2, 0.25) is 0 Å². The van der Waals surface area contributed by atoms with Crippen molar-refractivity contribution in [1.29, 1.82) is 0 Å². The fraction of sp³-hybridized carbons (Fsp3) is 0.222. The first kappa shape index (κ1) is 18.5. The van der Waals surface area contributed by atoms with E-state index >= 15 is 0 Å². The minimum atomic E-state index is -4.47. The van der Waals surface area contributed by atoms with Crippen LogP contribution in [0.3, 0.4) is 0 Å². The zero-order valence-corrected chi connectivity index (χ0v) is 14.8. The van der Waals surface area contributed by atoms with Crippen LogP contribution in [0.5, 0.6) is 0 Å². The van der Waals surface area contributed by atoms with Gasteiger partial charge in [-0.1, -0.05) is 30.3 Å². The van der Waals surface area contributed by atoms with E-state index < -0.39 is 28.0 Å². The molecule has 0 spiro atoms. The van der Waals surface area contributed by atoms with Crippen LogP contribution in [0.1, 0.15) is 22.8 Å². The van der Waals surface area contributed by atoms with Crippen LogP contribution in [0.25, 0.3) is 10.9 Å². The quantitative estimate of drug-likeness (QED) is 0.633. The normalized spacial score (nSPS) is 13.9. The van der Waals surface area contributed by atoms with Crippen molar-refractivity contribution in [3.63, 3.8) is 0 Å². The summed E-state index contributed by atoms with van der Waals surface area (Å²) in [5.41, 5.74) is 0.932. The van der Waals surface area contributed by atoms with Crippen LogP contribution in [0.4, 0.5) is 13.2 Å². The first-order valence-corrected chi connectivity index (χ1v) is 9.47. The third-order valence-corrected chi connectivity index (χ3v) is 4.56. The Balaban J connectivity index is 2.14. The summed E-state index contributed by atoms with van der Waals surface area (Å²) in [5, 5.41) is 0.767. The summed E-state index contributed by atoms with van der Waals surface area (Å²) in [6, 6.07) is 11.6. The van der Waals surface area contributed by atoms with Gasteiger partial charge in [0.2, 0.25) is 0 Å². The number of hydrogen-bond acceptors (Lipinski definition) is 3. The average molecular weight is 383 g/mol. The highest BCUT2D eigenvalue weighted by Gasteiger charge is 2.31. The SMILES string of the molecule is Cn1cc(C(OS(C)(=O)=O)c2ccc(C(F)(F)F)cc2)c2ccccc21. The van der Waals surface area contributed by atoms with E-state index in [1.807, 2.05) is 22.8 Å². The van der Waals surface area contributed by atoms with Gasteiger partial charge in [-0.05, 0) is 23.8 Å². The van der Waals surface area contributed by atoms with Crippen LogP contribution in [0, 0.1) is 0 Å². The maximum absolute atomic E-state index is 12.8. The summed E-state index contributed by atoms with van der Waals surface area (Å²) in [6.45, 7) is 0. The Morgan fingerprint density at radius 1 is 1.04 bits per heavy atom. The fourth-order valence-electron chi connectivity index (χ4n) is 2.89. The Morgan fingerprint density at radius 2 is 1.65 bits per heavy atom. The third kappa shape index (κ3) is 3.76. The van der Waals surface area contributed by atoms with E-state index in [9.17, 15) is 21.6 Å². The second-order valence-corrected chi connectivity index (χ2v) is 7.61. The first-order chi connectivity index (χ1) is 12.1. The van der Waals surface area contributed by atoms with Gasteiger partial charge >= 0.3 is 6.18 Å². The molecule has 0 saturated heterocycles. The highest BCUT2D eigenvalue weighted by molar-refractivity contribution is 7.86. The second kappa shape index (κ2) is 6.44. The summed E-state index contributed by atoms with van der Waals surface area (Å²) >= 11 is 0. The van der Waals surface area contributed by atoms with Crippen LogP contribution in [-0.2, 0) is 27.5 Å². The molecule has 0 aliphatic rings. The summed E-state index contributed by atoms with van der Waals surface area (Å²) in [7, 11) is -2.05. The Labute approximate surface area is 148 Å². The lowest BCUT2D eigenvalue weighted by Crippen LogP contribution is -2.12. The van der Waals surface area contributed by atoms with Gasteiger partial charge in [0.1, 0.15) is 6.10 Å². The predicted octanol–water partition coefficient (Wildman–Crippen LogP) is 4.26. The van der Waals surface area contributed by atoms with Crippen molar-refractivity contribution in [2.45, 2.75) is 12.3 Å². The molecule has 26 heavy (non-hydrogen) atoms. The van der Waals surface area contributed by atoms with Gasteiger partial charge in [-0.15, -0.1) is 0 Å². The van der Waals surface area contributed by atoms with Gasteiger partial charge in [0.05, 0.1) is 11.8 Å². The molecule has 0 N–H and O–H groups in total. The van der Waals surface area contributed by atoms with Crippen molar-refractivity contribution in [1.82, 2.24) is 4.57 Å². The Kier molecular flexibility index (Phi) is 4.58. The van der Waals surface area contributed by atoms with Gasteiger partial charge in [0.15, 0.2) is 0 Å². The zero-order chi connectivity index (χ0) is 19.1. The zero-order valence-electron chi connectivity index (χ0n) is 14.0. The minimum absolute atomic E-state index is 0.319. The predicted molar refractivity (Wildman–Crippen MR) is 92.1 cm³/mol. The maximum atomic E-state index is 12.8. The molecule has 3 aromatic rings. The van der Waals surface area contributed by atoms with Crippen LogP contribution < -0.4 is 0 Å². The van der Waals surface area contributed by atoms with Crippen LogP contribution in [0.15, 0.2) is 54.7 Å². The van der Waals surface area contributed by atoms with Gasteiger partial charge in [-0.25, -0.2) is 0 Å². The molecule has 1 aromatic heterocycles. The molecule has 138 valence electrons. The molecule has 0 radical (unpaired) electrons. The second-order valence-electron chi connectivity index (χ2n) is 6.01. The molecule has 1 unspecified atom stereocenters. The molecule has 1 atom stereocenters. The van der Waals surface area contributed by atoms with E-state index in [0.717, 1.165) is 29.3 Å². The van der Waals surface area contributed by atoms with E-state index in [0.29, 0.717) is 11.1 Å². The van der Waals surface area contributed by atoms with Crippen LogP contribution >= 0.6 is 0 Å². The van der Waals surface area contributed by atoms with Crippen molar-refractivity contribution in [3.8, 4) is 0 Å². The standard InChI is InChI=1S/C18H16F3NO3S/c1-22-11-15(14-5-3-4-6-16(14)22)17(25-26(2,23)24)12-7-9-13(10-8-12)18(19,20)21/h3-11,17H,1-2H3. The number of para-hydroxylation sites is 1. The summed E-state index contributed by atoms with van der Waals surface area (Å²) in [6.07, 6.45) is -2.88. The molecule has 0 saturated carbocycles. The van der Waals surface area contributed by atoms with E-state index in [1.165, 1.54) is 12.1 Å². The highest BCUT2D eigenvalue weighted by Crippen LogP contribution is 2.36. The van der Waals surface area contributed by atoms with Crippen molar-refractivity contribution in [2.24, 2.45) is 7.05 Å². The largest absolute Gasteiger partial charge is 0.416 e. The van der Waals surface area contributed by atoms with Crippen molar-refractivity contribution >= 4 is 21.0 Å². The number of alkyl halides is 3. The highest BCUT2D eigenvalue weighted by atomic mass is 32.2. The monoisotopic (exact) mass is 383 g/mol. The molecule has 8 heteroatoms. The number of fused-ring (bicyclic) bond motifs is 1. The number of rotatable bonds is 4. The number of benzene rings is 2. The average Bonchev–Trinajstić information content (AvgIpc) is 2.89. The van der Waals surface area contributed by atoms with Gasteiger partial charge < -0.3 is 4.57 Å². The van der Waals surface area contributed by atoms with E-state index in [2.05, 4.69) is 0 Å². The van der Waals surface area contributed by atoms with Gasteiger partial charge in [-0.2, -0.15) is 21.6 Å². The lowest BCUT2D eigenvalue weighted by molar-refractivity contribution is -0.137. The molecule has 4 nitrogen and oxygen atoms in total. The Bertz CT molecular complexity index is 1040. The van der Waals surface area contributed by atoms with Gasteiger partial charge in [0, 0.05) is 29.7 Å². The molecule has 3 rings (SSSR count). The summed E-state index contributed by atoms with van der Waals surface area (Å²) in [4.78, 5) is 0. The molecule has 0 bridgehead atoms. The van der Waals surface area contributed by atoms with E-state index in [4.69, 9.17) is 4.18 Å². The van der Waals surface area contributed by atoms with Gasteiger partial charge in [0.25, 0.3) is 10.1 Å². The van der Waals surface area contributed by atoms with Crippen molar-refractivity contribution in [3.05, 3.63) is 71.4 Å². The fourth-order valence-corrected chi connectivity index (χ4v) is 3.45. The molecule has 0 aliphatic heterocycles. The summed E-state index contributed by atoms with van der Waals surface area (Å²) in [5.74, 6) is 0. The molecular weight excluding hydrogens is 367 g/mol. The maximum Gasteiger partial charge on any atom is 0.416 e. The lowest BCUT2D eigenvalue weighted by Gasteiger charge is -2.17. The summed E-state index contributed by atoms with van der Waals surface area (Å²) < 4.78 is 68.9. The number of halogens is 3. The minimum Gasteiger partial charge on any atom is -0.350 e. The molecule has 0 aliphatic carbocycles. The smallest absolute Gasteiger partial charge is 0.350 e.